The molecule has 1 aromatic heterocycles. The van der Waals surface area contributed by atoms with Crippen LogP contribution in [0.15, 0.2) is 30.3 Å². The van der Waals surface area contributed by atoms with Crippen molar-refractivity contribution in [3.8, 4) is 0 Å². The number of nitro groups is 2. The molecule has 8 nitrogen and oxygen atoms in total. The molecule has 2 N–H and O–H groups in total. The van der Waals surface area contributed by atoms with Crippen LogP contribution in [0.5, 0.6) is 0 Å². The highest BCUT2D eigenvalue weighted by atomic mass is 127. The molecule has 22 heavy (non-hydrogen) atoms. The van der Waals surface area contributed by atoms with Crippen LogP contribution in [0, 0.1) is 23.8 Å². The van der Waals surface area contributed by atoms with E-state index in [-0.39, 0.29) is 17.2 Å². The summed E-state index contributed by atoms with van der Waals surface area (Å²) in [7, 11) is 0. The van der Waals surface area contributed by atoms with Gasteiger partial charge in [-0.2, -0.15) is 0 Å². The van der Waals surface area contributed by atoms with E-state index in [4.69, 9.17) is 5.73 Å². The maximum Gasteiger partial charge on any atom is 0.312 e. The number of hydrogen-bond acceptors (Lipinski definition) is 6. The van der Waals surface area contributed by atoms with Crippen molar-refractivity contribution >= 4 is 39.8 Å². The molecule has 1 aromatic carbocycles. The first-order chi connectivity index (χ1) is 10.4. The molecule has 0 radical (unpaired) electrons. The number of nitrogens with zero attached hydrogens (tertiary/aromatic N) is 3. The summed E-state index contributed by atoms with van der Waals surface area (Å²) in [5.41, 5.74) is 7.00. The molecular formula is C13H11IN4O4. The van der Waals surface area contributed by atoms with E-state index in [2.05, 4.69) is 4.98 Å². The molecule has 9 heteroatoms. The molecule has 1 heterocycles. The van der Waals surface area contributed by atoms with E-state index in [1.54, 1.807) is 12.1 Å². The van der Waals surface area contributed by atoms with Crippen LogP contribution in [-0.2, 0) is 12.8 Å². The molecule has 0 aliphatic rings. The molecule has 0 amide bonds. The zero-order valence-electron chi connectivity index (χ0n) is 11.2. The fourth-order valence-electron chi connectivity index (χ4n) is 1.90. The number of aryl methyl sites for hydroxylation is 2. The third kappa shape index (κ3) is 3.67. The number of non-ortho nitro benzene ring substituents is 1. The lowest BCUT2D eigenvalue weighted by Gasteiger charge is -2.06. The van der Waals surface area contributed by atoms with Crippen LogP contribution in [0.2, 0.25) is 0 Å². The van der Waals surface area contributed by atoms with Crippen molar-refractivity contribution in [2.75, 3.05) is 5.73 Å². The van der Waals surface area contributed by atoms with Gasteiger partial charge in [0.05, 0.1) is 15.5 Å². The van der Waals surface area contributed by atoms with Crippen LogP contribution in [0.3, 0.4) is 0 Å². The van der Waals surface area contributed by atoms with E-state index in [9.17, 15) is 20.2 Å². The van der Waals surface area contributed by atoms with Crippen molar-refractivity contribution in [2.45, 2.75) is 12.8 Å². The summed E-state index contributed by atoms with van der Waals surface area (Å²) >= 11 is 1.98. The average molecular weight is 414 g/mol. The topological polar surface area (TPSA) is 125 Å². The lowest BCUT2D eigenvalue weighted by atomic mass is 10.1. The van der Waals surface area contributed by atoms with Gasteiger partial charge in [-0.05, 0) is 41.0 Å². The van der Waals surface area contributed by atoms with Gasteiger partial charge in [-0.1, -0.05) is 12.1 Å². The number of nitrogens with two attached hydrogens (primary N) is 1. The smallest absolute Gasteiger partial charge is 0.312 e. The quantitative estimate of drug-likeness (QED) is 0.456. The Kier molecular flexibility index (Phi) is 4.85. The molecule has 2 aromatic rings. The standard InChI is InChI=1S/C13H11IN4O4/c14-10-7-12(18(21)22)13(15)16-11(10)6-3-8-1-4-9(5-2-8)17(19)20/h1-2,4-5,7H,3,6H2,(H2,15,16). The predicted octanol–water partition coefficient (Wildman–Crippen LogP) is 2.87. The predicted molar refractivity (Wildman–Crippen MR) is 88.5 cm³/mol. The highest BCUT2D eigenvalue weighted by molar-refractivity contribution is 14.1. The second-order valence-corrected chi connectivity index (χ2v) is 5.66. The van der Waals surface area contributed by atoms with Crippen molar-refractivity contribution in [3.63, 3.8) is 0 Å². The molecule has 0 spiro atoms. The Bertz CT molecular complexity index is 734. The van der Waals surface area contributed by atoms with Gasteiger partial charge < -0.3 is 5.73 Å². The van der Waals surface area contributed by atoms with Crippen LogP contribution in [0.4, 0.5) is 17.2 Å². The van der Waals surface area contributed by atoms with Gasteiger partial charge in [-0.3, -0.25) is 20.2 Å². The summed E-state index contributed by atoms with van der Waals surface area (Å²) in [6, 6.07) is 7.64. The fourth-order valence-corrected chi connectivity index (χ4v) is 2.59. The molecule has 114 valence electrons. The van der Waals surface area contributed by atoms with Crippen LogP contribution in [0.25, 0.3) is 0 Å². The molecule has 0 aliphatic heterocycles. The van der Waals surface area contributed by atoms with Crippen LogP contribution in [-0.4, -0.2) is 14.8 Å². The third-order valence-electron chi connectivity index (χ3n) is 3.05. The third-order valence-corrected chi connectivity index (χ3v) is 3.99. The summed E-state index contributed by atoms with van der Waals surface area (Å²) in [5.74, 6) is -0.107. The maximum atomic E-state index is 10.8. The molecule has 0 aliphatic carbocycles. The van der Waals surface area contributed by atoms with Crippen molar-refractivity contribution < 1.29 is 9.85 Å². The monoisotopic (exact) mass is 414 g/mol. The first kappa shape index (κ1) is 16.1. The van der Waals surface area contributed by atoms with Crippen LogP contribution >= 0.6 is 22.6 Å². The van der Waals surface area contributed by atoms with E-state index >= 15 is 0 Å². The number of nitrogen functional groups attached to an aromatic ring is 1. The summed E-state index contributed by atoms with van der Waals surface area (Å²) in [4.78, 5) is 24.4. The highest BCUT2D eigenvalue weighted by Crippen LogP contribution is 2.24. The Labute approximate surface area is 138 Å². The highest BCUT2D eigenvalue weighted by Gasteiger charge is 2.16. The number of nitro benzene ring substituents is 1. The zero-order valence-corrected chi connectivity index (χ0v) is 13.4. The Morgan fingerprint density at radius 2 is 1.73 bits per heavy atom. The largest absolute Gasteiger partial charge is 0.378 e. The number of hydrogen-bond donors (Lipinski definition) is 1. The van der Waals surface area contributed by atoms with E-state index in [0.717, 1.165) is 5.56 Å². The van der Waals surface area contributed by atoms with Gasteiger partial charge in [0, 0.05) is 21.8 Å². The van der Waals surface area contributed by atoms with Gasteiger partial charge >= 0.3 is 5.69 Å². The number of aromatic nitrogens is 1. The van der Waals surface area contributed by atoms with E-state index in [1.807, 2.05) is 22.6 Å². The maximum absolute atomic E-state index is 10.8. The fraction of sp³-hybridized carbons (Fsp3) is 0.154. The summed E-state index contributed by atoms with van der Waals surface area (Å²) in [6.45, 7) is 0. The van der Waals surface area contributed by atoms with E-state index in [0.29, 0.717) is 22.1 Å². The van der Waals surface area contributed by atoms with E-state index < -0.39 is 9.85 Å². The number of benzene rings is 1. The van der Waals surface area contributed by atoms with Gasteiger partial charge in [0.15, 0.2) is 0 Å². The van der Waals surface area contributed by atoms with Gasteiger partial charge in [-0.25, -0.2) is 4.98 Å². The normalized spacial score (nSPS) is 10.4. The molecule has 0 atom stereocenters. The van der Waals surface area contributed by atoms with Gasteiger partial charge in [0.25, 0.3) is 5.69 Å². The number of pyridine rings is 1. The average Bonchev–Trinajstić information content (AvgIpc) is 2.47. The Morgan fingerprint density at radius 1 is 1.09 bits per heavy atom. The lowest BCUT2D eigenvalue weighted by molar-refractivity contribution is -0.384. The molecular weight excluding hydrogens is 403 g/mol. The first-order valence-electron chi connectivity index (χ1n) is 6.21. The molecule has 0 saturated heterocycles. The van der Waals surface area contributed by atoms with Crippen molar-refractivity contribution in [3.05, 3.63) is 65.4 Å². The van der Waals surface area contributed by atoms with Crippen molar-refractivity contribution in [2.24, 2.45) is 0 Å². The van der Waals surface area contributed by atoms with Crippen LogP contribution < -0.4 is 5.73 Å². The summed E-state index contributed by atoms with van der Waals surface area (Å²) < 4.78 is 0.667. The summed E-state index contributed by atoms with van der Waals surface area (Å²) in [5, 5.41) is 21.4. The molecule has 0 fully saturated rings. The Balaban J connectivity index is 2.13. The zero-order chi connectivity index (χ0) is 16.3. The van der Waals surface area contributed by atoms with Crippen LogP contribution in [0.1, 0.15) is 11.3 Å². The number of rotatable bonds is 5. The Hall–Kier alpha value is -2.30. The molecule has 0 unspecified atom stereocenters. The number of halogens is 1. The first-order valence-corrected chi connectivity index (χ1v) is 7.29. The number of anilines is 1. The van der Waals surface area contributed by atoms with Crippen molar-refractivity contribution in [1.29, 1.82) is 0 Å². The van der Waals surface area contributed by atoms with E-state index in [1.165, 1.54) is 18.2 Å². The Morgan fingerprint density at radius 3 is 2.27 bits per heavy atom. The SMILES string of the molecule is Nc1nc(CCc2ccc([N+](=O)[O-])cc2)c(I)cc1[N+](=O)[O-]. The van der Waals surface area contributed by atoms with Gasteiger partial charge in [-0.15, -0.1) is 0 Å². The molecule has 2 rings (SSSR count). The minimum Gasteiger partial charge on any atom is -0.378 e. The summed E-state index contributed by atoms with van der Waals surface area (Å²) in [6.07, 6.45) is 1.15. The lowest BCUT2D eigenvalue weighted by Crippen LogP contribution is -2.05. The van der Waals surface area contributed by atoms with Gasteiger partial charge in [0.2, 0.25) is 5.82 Å². The molecule has 0 bridgehead atoms. The molecule has 0 saturated carbocycles. The minimum atomic E-state index is -0.565. The second kappa shape index (κ2) is 6.64. The minimum absolute atomic E-state index is 0.0380. The van der Waals surface area contributed by atoms with Gasteiger partial charge in [0.1, 0.15) is 0 Å². The van der Waals surface area contributed by atoms with Crippen molar-refractivity contribution in [1.82, 2.24) is 4.98 Å². The second-order valence-electron chi connectivity index (χ2n) is 4.50.